The topological polar surface area (TPSA) is 26.6 Å². The van der Waals surface area contributed by atoms with Crippen LogP contribution in [0, 0.1) is 0 Å². The Kier molecular flexibility index (Phi) is 9.13. The summed E-state index contributed by atoms with van der Waals surface area (Å²) in [6, 6.07) is 30.4. The molecule has 0 aliphatic carbocycles. The summed E-state index contributed by atoms with van der Waals surface area (Å²) in [5.41, 5.74) is 3.87. The Labute approximate surface area is 230 Å². The first-order chi connectivity index (χ1) is 18.2. The second kappa shape index (κ2) is 12.3. The predicted octanol–water partition coefficient (Wildman–Crippen LogP) is 8.31. The van der Waals surface area contributed by atoms with Crippen LogP contribution in [0.15, 0.2) is 91.1 Å². The van der Waals surface area contributed by atoms with Crippen molar-refractivity contribution >= 4 is 19.2 Å². The maximum absolute atomic E-state index is 6.68. The number of methoxy groups -OCH3 is 1. The van der Waals surface area contributed by atoms with Gasteiger partial charge >= 0.3 is 0 Å². The molecule has 5 heteroatoms. The maximum atomic E-state index is 6.68. The van der Waals surface area contributed by atoms with E-state index in [4.69, 9.17) is 9.16 Å². The largest absolute Gasteiger partial charge is 0.496 e. The summed E-state index contributed by atoms with van der Waals surface area (Å²) in [6.45, 7) is 15.1. The summed E-state index contributed by atoms with van der Waals surface area (Å²) in [7, 11) is -0.0816. The van der Waals surface area contributed by atoms with E-state index in [1.54, 1.807) is 7.11 Å². The maximum Gasteiger partial charge on any atom is 0.191 e. The third kappa shape index (κ3) is 6.96. The molecule has 0 radical (unpaired) electrons. The highest BCUT2D eigenvalue weighted by atomic mass is 28.4. The average Bonchev–Trinajstić information content (AvgIpc) is 3.33. The van der Waals surface area contributed by atoms with Crippen LogP contribution in [0.3, 0.4) is 0 Å². The van der Waals surface area contributed by atoms with Gasteiger partial charge in [0.1, 0.15) is 5.75 Å². The highest BCUT2D eigenvalue weighted by Gasteiger charge is 2.37. The first kappa shape index (κ1) is 28.2. The van der Waals surface area contributed by atoms with Crippen LogP contribution in [0.5, 0.6) is 5.75 Å². The molecule has 0 fully saturated rings. The van der Waals surface area contributed by atoms with E-state index in [9.17, 15) is 0 Å². The van der Waals surface area contributed by atoms with Gasteiger partial charge in [0, 0.05) is 43.9 Å². The molecule has 1 aromatic heterocycles. The molecule has 4 nitrogen and oxygen atoms in total. The van der Waals surface area contributed by atoms with Crippen molar-refractivity contribution < 1.29 is 9.16 Å². The number of benzene rings is 3. The number of fused-ring (bicyclic) bond motifs is 1. The molecule has 0 saturated heterocycles. The van der Waals surface area contributed by atoms with Gasteiger partial charge in [0.25, 0.3) is 0 Å². The molecule has 1 heterocycles. The normalized spacial score (nSPS) is 13.2. The van der Waals surface area contributed by atoms with Crippen molar-refractivity contribution in [3.8, 4) is 5.75 Å². The Hall–Kier alpha value is -2.86. The van der Waals surface area contributed by atoms with Crippen LogP contribution in [-0.2, 0) is 17.5 Å². The Morgan fingerprint density at radius 3 is 1.97 bits per heavy atom. The van der Waals surface area contributed by atoms with Gasteiger partial charge in [-0.15, -0.1) is 0 Å². The van der Waals surface area contributed by atoms with Crippen molar-refractivity contribution in [1.29, 1.82) is 0 Å². The lowest BCUT2D eigenvalue weighted by molar-refractivity contribution is 0.188. The monoisotopic (exact) mass is 528 g/mol. The predicted molar refractivity (Wildman–Crippen MR) is 162 cm³/mol. The lowest BCUT2D eigenvalue weighted by atomic mass is 10.1. The van der Waals surface area contributed by atoms with Crippen LogP contribution in [-0.4, -0.2) is 38.0 Å². The van der Waals surface area contributed by atoms with E-state index < -0.39 is 8.32 Å². The summed E-state index contributed by atoms with van der Waals surface area (Å²) in [5, 5.41) is 1.35. The van der Waals surface area contributed by atoms with Gasteiger partial charge in [-0.25, -0.2) is 0 Å². The Morgan fingerprint density at radius 2 is 1.42 bits per heavy atom. The molecule has 202 valence electrons. The summed E-state index contributed by atoms with van der Waals surface area (Å²) >= 11 is 0. The van der Waals surface area contributed by atoms with E-state index in [1.807, 2.05) is 6.07 Å². The minimum Gasteiger partial charge on any atom is -0.496 e. The van der Waals surface area contributed by atoms with Crippen molar-refractivity contribution in [3.05, 3.63) is 102 Å². The first-order valence-corrected chi connectivity index (χ1v) is 16.7. The number of rotatable bonds is 12. The standard InChI is InChI=1S/C33H44N2O2Si/c1-33(2,3)38(5,6)37-23-21-29(35-22-20-30-31(35)18-13-19-32(30)36-4)26-34(24-27-14-9-7-10-15-27)25-28-16-11-8-12-17-28/h7-20,22,29H,21,23-26H2,1-6H3/t29-/m1/s1. The Morgan fingerprint density at radius 1 is 0.816 bits per heavy atom. The molecule has 0 unspecified atom stereocenters. The molecular formula is C33H44N2O2Si. The van der Waals surface area contributed by atoms with Gasteiger partial charge in [0.2, 0.25) is 0 Å². The number of ether oxygens (including phenoxy) is 1. The zero-order chi connectivity index (χ0) is 27.2. The molecule has 4 rings (SSSR count). The van der Waals surface area contributed by atoms with Crippen LogP contribution in [0.4, 0.5) is 0 Å². The first-order valence-electron chi connectivity index (χ1n) is 13.8. The SMILES string of the molecule is COc1cccc2c1ccn2[C@H](CCO[Si](C)(C)C(C)(C)C)CN(Cc1ccccc1)Cc1ccccc1. The molecule has 0 aliphatic rings. The van der Waals surface area contributed by atoms with Gasteiger partial charge in [-0.3, -0.25) is 4.90 Å². The zero-order valence-electron chi connectivity index (χ0n) is 24.0. The number of hydrogen-bond acceptors (Lipinski definition) is 3. The Bertz CT molecular complexity index is 1240. The van der Waals surface area contributed by atoms with Crippen molar-refractivity contribution in [2.75, 3.05) is 20.3 Å². The molecule has 0 aliphatic heterocycles. The fourth-order valence-electron chi connectivity index (χ4n) is 4.81. The van der Waals surface area contributed by atoms with Crippen molar-refractivity contribution in [2.24, 2.45) is 0 Å². The van der Waals surface area contributed by atoms with Gasteiger partial charge in [-0.2, -0.15) is 0 Å². The fraction of sp³-hybridized carbons (Fsp3) is 0.394. The molecule has 0 amide bonds. The van der Waals surface area contributed by atoms with Gasteiger partial charge in [-0.05, 0) is 53.9 Å². The van der Waals surface area contributed by atoms with Crippen LogP contribution < -0.4 is 4.74 Å². The average molecular weight is 529 g/mol. The van der Waals surface area contributed by atoms with Crippen molar-refractivity contribution in [3.63, 3.8) is 0 Å². The summed E-state index contributed by atoms with van der Waals surface area (Å²) in [5.74, 6) is 0.919. The highest BCUT2D eigenvalue weighted by Crippen LogP contribution is 2.37. The van der Waals surface area contributed by atoms with E-state index in [-0.39, 0.29) is 11.1 Å². The molecule has 1 atom stereocenters. The van der Waals surface area contributed by atoms with E-state index >= 15 is 0 Å². The van der Waals surface area contributed by atoms with Gasteiger partial charge < -0.3 is 13.7 Å². The molecular weight excluding hydrogens is 484 g/mol. The molecule has 38 heavy (non-hydrogen) atoms. The van der Waals surface area contributed by atoms with Gasteiger partial charge in [0.15, 0.2) is 8.32 Å². The molecule has 0 spiro atoms. The van der Waals surface area contributed by atoms with Crippen LogP contribution >= 0.6 is 0 Å². The summed E-state index contributed by atoms with van der Waals surface area (Å²) < 4.78 is 14.8. The quantitative estimate of drug-likeness (QED) is 0.173. The zero-order valence-corrected chi connectivity index (χ0v) is 25.0. The third-order valence-corrected chi connectivity index (χ3v) is 12.6. The lowest BCUT2D eigenvalue weighted by Gasteiger charge is -2.37. The van der Waals surface area contributed by atoms with Gasteiger partial charge in [0.05, 0.1) is 12.6 Å². The third-order valence-electron chi connectivity index (χ3n) is 8.02. The minimum absolute atomic E-state index is 0.197. The molecule has 0 N–H and O–H groups in total. The van der Waals surface area contributed by atoms with Crippen LogP contribution in [0.25, 0.3) is 10.9 Å². The van der Waals surface area contributed by atoms with Crippen molar-refractivity contribution in [1.82, 2.24) is 9.47 Å². The lowest BCUT2D eigenvalue weighted by Crippen LogP contribution is -2.41. The van der Waals surface area contributed by atoms with E-state index in [0.717, 1.165) is 43.8 Å². The fourth-order valence-corrected chi connectivity index (χ4v) is 5.87. The van der Waals surface area contributed by atoms with Crippen LogP contribution in [0.1, 0.15) is 44.4 Å². The number of hydrogen-bond donors (Lipinski definition) is 0. The molecule has 3 aromatic carbocycles. The van der Waals surface area contributed by atoms with Gasteiger partial charge in [-0.1, -0.05) is 87.5 Å². The van der Waals surface area contributed by atoms with E-state index in [0.29, 0.717) is 0 Å². The van der Waals surface area contributed by atoms with Crippen LogP contribution in [0.2, 0.25) is 18.1 Å². The Balaban J connectivity index is 1.64. The number of nitrogens with zero attached hydrogens (tertiary/aromatic N) is 2. The highest BCUT2D eigenvalue weighted by molar-refractivity contribution is 6.74. The second-order valence-electron chi connectivity index (χ2n) is 11.8. The van der Waals surface area contributed by atoms with Crippen molar-refractivity contribution in [2.45, 2.75) is 64.5 Å². The second-order valence-corrected chi connectivity index (χ2v) is 16.6. The molecule has 0 saturated carbocycles. The molecule has 4 aromatic rings. The smallest absolute Gasteiger partial charge is 0.191 e. The molecule has 0 bridgehead atoms. The minimum atomic E-state index is -1.83. The number of aromatic nitrogens is 1. The summed E-state index contributed by atoms with van der Waals surface area (Å²) in [4.78, 5) is 2.58. The summed E-state index contributed by atoms with van der Waals surface area (Å²) in [6.07, 6.45) is 3.18. The van der Waals surface area contributed by atoms with E-state index in [2.05, 4.69) is 128 Å². The van der Waals surface area contributed by atoms with E-state index in [1.165, 1.54) is 16.6 Å².